The number of rotatable bonds is 2. The van der Waals surface area contributed by atoms with Crippen LogP contribution in [0.25, 0.3) is 0 Å². The molecule has 0 rings (SSSR count). The van der Waals surface area contributed by atoms with Crippen molar-refractivity contribution in [3.8, 4) is 0 Å². The van der Waals surface area contributed by atoms with Gasteiger partial charge in [0.05, 0.1) is 0 Å². The van der Waals surface area contributed by atoms with Gasteiger partial charge in [-0.1, -0.05) is 24.8 Å². The average molecular weight is 126 g/mol. The van der Waals surface area contributed by atoms with E-state index in [0.717, 1.165) is 10.5 Å². The molecule has 0 heterocycles. The first-order chi connectivity index (χ1) is 3.66. The third-order valence-electron chi connectivity index (χ3n) is 0.716. The van der Waals surface area contributed by atoms with Gasteiger partial charge < -0.3 is 0 Å². The van der Waals surface area contributed by atoms with Crippen LogP contribution in [0.3, 0.4) is 0 Å². The lowest BCUT2D eigenvalue weighted by Gasteiger charge is -1.86. The molecule has 8 heavy (non-hydrogen) atoms. The van der Waals surface area contributed by atoms with Gasteiger partial charge in [0.15, 0.2) is 0 Å². The second kappa shape index (κ2) is 3.56. The van der Waals surface area contributed by atoms with Gasteiger partial charge in [-0.15, -0.1) is 12.6 Å². The topological polar surface area (TPSA) is 0 Å². The van der Waals surface area contributed by atoms with Crippen molar-refractivity contribution < 1.29 is 0 Å². The fourth-order valence-corrected chi connectivity index (χ4v) is 0.525. The Morgan fingerprint density at radius 3 is 2.25 bits per heavy atom. The summed E-state index contributed by atoms with van der Waals surface area (Å²) in [5.74, 6) is 0. The second-order valence-corrected chi connectivity index (χ2v) is 2.16. The van der Waals surface area contributed by atoms with Gasteiger partial charge in [0.25, 0.3) is 0 Å². The van der Waals surface area contributed by atoms with E-state index in [-0.39, 0.29) is 0 Å². The maximum absolute atomic E-state index is 3.97. The Hall–Kier alpha value is -0.430. The van der Waals surface area contributed by atoms with E-state index in [0.29, 0.717) is 0 Å². The fraction of sp³-hybridized carbons (Fsp3) is 0.143. The maximum Gasteiger partial charge on any atom is -0.00294 e. The Labute approximate surface area is 56.0 Å². The summed E-state index contributed by atoms with van der Waals surface area (Å²) in [5.41, 5.74) is 1.09. The number of thiol groups is 1. The lowest BCUT2D eigenvalue weighted by atomic mass is 10.3. The predicted molar refractivity (Wildman–Crippen MR) is 42.1 cm³/mol. The van der Waals surface area contributed by atoms with Gasteiger partial charge in [0.2, 0.25) is 0 Å². The summed E-state index contributed by atoms with van der Waals surface area (Å²) in [7, 11) is 0. The van der Waals surface area contributed by atoms with Crippen molar-refractivity contribution in [1.29, 1.82) is 0 Å². The predicted octanol–water partition coefficient (Wildman–Crippen LogP) is 2.56. The molecule has 0 aliphatic carbocycles. The Morgan fingerprint density at radius 1 is 1.62 bits per heavy atom. The van der Waals surface area contributed by atoms with Crippen molar-refractivity contribution in [3.05, 3.63) is 35.8 Å². The Balaban J connectivity index is 3.94. The number of hydrogen-bond donors (Lipinski definition) is 1. The van der Waals surface area contributed by atoms with Crippen molar-refractivity contribution >= 4 is 12.6 Å². The molecular formula is C7H10S. The van der Waals surface area contributed by atoms with Gasteiger partial charge in [0.1, 0.15) is 0 Å². The summed E-state index contributed by atoms with van der Waals surface area (Å²) in [6.45, 7) is 9.11. The van der Waals surface area contributed by atoms with Crippen molar-refractivity contribution in [3.63, 3.8) is 0 Å². The SMILES string of the molecule is C=C/C(C)=C\C(=C)S. The molecule has 0 aliphatic heterocycles. The highest BCUT2D eigenvalue weighted by Crippen LogP contribution is 2.02. The van der Waals surface area contributed by atoms with E-state index in [2.05, 4.69) is 25.8 Å². The summed E-state index contributed by atoms with van der Waals surface area (Å²) in [5, 5.41) is 0. The molecule has 0 aromatic rings. The Morgan fingerprint density at radius 2 is 2.12 bits per heavy atom. The molecule has 0 aromatic heterocycles. The quantitative estimate of drug-likeness (QED) is 0.426. The number of hydrogen-bond acceptors (Lipinski definition) is 1. The number of allylic oxidation sites excluding steroid dienone is 3. The van der Waals surface area contributed by atoms with Crippen LogP contribution >= 0.6 is 12.6 Å². The van der Waals surface area contributed by atoms with Crippen molar-refractivity contribution in [2.75, 3.05) is 0 Å². The first-order valence-electron chi connectivity index (χ1n) is 2.35. The molecule has 44 valence electrons. The summed E-state index contributed by atoms with van der Waals surface area (Å²) in [6, 6.07) is 0. The van der Waals surface area contributed by atoms with Gasteiger partial charge in [-0.05, 0) is 17.9 Å². The lowest BCUT2D eigenvalue weighted by molar-refractivity contribution is 1.53. The van der Waals surface area contributed by atoms with Gasteiger partial charge in [0, 0.05) is 0 Å². The largest absolute Gasteiger partial charge is 0.144 e. The van der Waals surface area contributed by atoms with Crippen LogP contribution in [0.1, 0.15) is 6.92 Å². The highest BCUT2D eigenvalue weighted by atomic mass is 32.1. The van der Waals surface area contributed by atoms with Gasteiger partial charge >= 0.3 is 0 Å². The molecule has 0 saturated heterocycles. The molecule has 0 fully saturated rings. The standard InChI is InChI=1S/C7H10S/c1-4-6(2)5-7(3)8/h4-5,8H,1,3H2,2H3/b6-5-. The van der Waals surface area contributed by atoms with Crippen molar-refractivity contribution in [2.24, 2.45) is 0 Å². The maximum atomic E-state index is 3.97. The Kier molecular flexibility index (Phi) is 3.37. The van der Waals surface area contributed by atoms with Crippen LogP contribution in [0, 0.1) is 0 Å². The second-order valence-electron chi connectivity index (χ2n) is 1.58. The van der Waals surface area contributed by atoms with E-state index in [4.69, 9.17) is 0 Å². The first kappa shape index (κ1) is 7.57. The molecule has 0 amide bonds. The minimum absolute atomic E-state index is 0.766. The van der Waals surface area contributed by atoms with E-state index in [1.54, 1.807) is 6.08 Å². The molecule has 0 N–H and O–H groups in total. The van der Waals surface area contributed by atoms with Crippen LogP contribution in [0.5, 0.6) is 0 Å². The smallest absolute Gasteiger partial charge is 0.00294 e. The highest BCUT2D eigenvalue weighted by molar-refractivity contribution is 7.84. The van der Waals surface area contributed by atoms with E-state index in [9.17, 15) is 0 Å². The molecule has 0 aliphatic rings. The molecule has 0 unspecified atom stereocenters. The van der Waals surface area contributed by atoms with Crippen LogP contribution in [0.15, 0.2) is 35.8 Å². The molecular weight excluding hydrogens is 116 g/mol. The van der Waals surface area contributed by atoms with Crippen LogP contribution < -0.4 is 0 Å². The van der Waals surface area contributed by atoms with Gasteiger partial charge in [-0.25, -0.2) is 0 Å². The zero-order valence-corrected chi connectivity index (χ0v) is 5.91. The highest BCUT2D eigenvalue weighted by Gasteiger charge is 1.77. The van der Waals surface area contributed by atoms with Crippen molar-refractivity contribution in [2.45, 2.75) is 6.92 Å². The molecule has 0 nitrogen and oxygen atoms in total. The summed E-state index contributed by atoms with van der Waals surface area (Å²) in [4.78, 5) is 0.766. The molecule has 0 saturated carbocycles. The summed E-state index contributed by atoms with van der Waals surface area (Å²) < 4.78 is 0. The van der Waals surface area contributed by atoms with Crippen LogP contribution in [0.2, 0.25) is 0 Å². The molecule has 0 bridgehead atoms. The normalized spacial score (nSPS) is 11.0. The molecule has 1 heteroatoms. The van der Waals surface area contributed by atoms with E-state index >= 15 is 0 Å². The van der Waals surface area contributed by atoms with Crippen LogP contribution in [-0.2, 0) is 0 Å². The third-order valence-corrected chi connectivity index (χ3v) is 0.845. The molecule has 0 spiro atoms. The minimum Gasteiger partial charge on any atom is -0.144 e. The average Bonchev–Trinajstić information content (AvgIpc) is 1.65. The third kappa shape index (κ3) is 3.75. The van der Waals surface area contributed by atoms with Gasteiger partial charge in [-0.2, -0.15) is 0 Å². The molecule has 0 radical (unpaired) electrons. The van der Waals surface area contributed by atoms with E-state index in [1.165, 1.54) is 0 Å². The minimum atomic E-state index is 0.766. The molecule has 0 aromatic carbocycles. The Bertz CT molecular complexity index is 131. The van der Waals surface area contributed by atoms with Gasteiger partial charge in [-0.3, -0.25) is 0 Å². The fourth-order valence-electron chi connectivity index (χ4n) is 0.322. The van der Waals surface area contributed by atoms with Crippen LogP contribution in [-0.4, -0.2) is 0 Å². The molecule has 0 atom stereocenters. The zero-order valence-electron chi connectivity index (χ0n) is 5.02. The first-order valence-corrected chi connectivity index (χ1v) is 2.80. The van der Waals surface area contributed by atoms with Crippen molar-refractivity contribution in [1.82, 2.24) is 0 Å². The van der Waals surface area contributed by atoms with Crippen LogP contribution in [0.4, 0.5) is 0 Å². The summed E-state index contributed by atoms with van der Waals surface area (Å²) in [6.07, 6.45) is 3.62. The van der Waals surface area contributed by atoms with E-state index in [1.807, 2.05) is 13.0 Å². The summed E-state index contributed by atoms with van der Waals surface area (Å²) >= 11 is 3.97. The van der Waals surface area contributed by atoms with E-state index < -0.39 is 0 Å². The lowest BCUT2D eigenvalue weighted by Crippen LogP contribution is -1.64. The zero-order chi connectivity index (χ0) is 6.57. The monoisotopic (exact) mass is 126 g/mol.